The van der Waals surface area contributed by atoms with Crippen LogP contribution in [-0.2, 0) is 6.54 Å². The number of fused-ring (bicyclic) bond motifs is 1. The molecule has 3 aromatic rings. The molecule has 8 heteroatoms. The molecule has 1 heterocycles. The number of rotatable bonds is 6. The monoisotopic (exact) mass is 386 g/mol. The number of aromatic nitrogens is 1. The van der Waals surface area contributed by atoms with Gasteiger partial charge in [0.15, 0.2) is 11.1 Å². The first-order valence-electron chi connectivity index (χ1n) is 8.02. The summed E-state index contributed by atoms with van der Waals surface area (Å²) in [5.74, 6) is 5.46. The lowest BCUT2D eigenvalue weighted by Gasteiger charge is -2.05. The van der Waals surface area contributed by atoms with E-state index in [9.17, 15) is 9.59 Å². The predicted octanol–water partition coefficient (Wildman–Crippen LogP) is 2.67. The molecule has 1 aromatic heterocycles. The fraction of sp³-hybridized carbons (Fsp3) is 0.167. The summed E-state index contributed by atoms with van der Waals surface area (Å²) in [5, 5.41) is 0. The fourth-order valence-corrected chi connectivity index (χ4v) is 3.87. The Morgan fingerprint density at radius 2 is 2.12 bits per heavy atom. The number of nitrogens with zero attached hydrogens (tertiary/aromatic N) is 2. The van der Waals surface area contributed by atoms with Crippen molar-refractivity contribution in [2.75, 3.05) is 5.75 Å². The molecule has 0 saturated heterocycles. The van der Waals surface area contributed by atoms with Crippen molar-refractivity contribution in [2.24, 2.45) is 10.8 Å². The predicted molar refractivity (Wildman–Crippen MR) is 107 cm³/mol. The van der Waals surface area contributed by atoms with Gasteiger partial charge in [-0.1, -0.05) is 23.5 Å². The second-order valence-electron chi connectivity index (χ2n) is 5.56. The Bertz CT molecular complexity index is 1020. The summed E-state index contributed by atoms with van der Waals surface area (Å²) in [6.45, 7) is 0.801. The summed E-state index contributed by atoms with van der Waals surface area (Å²) in [7, 11) is 0. The Balaban J connectivity index is 2.15. The highest BCUT2D eigenvalue weighted by Crippen LogP contribution is 2.20. The first-order chi connectivity index (χ1) is 12.7. The molecule has 6 nitrogen and oxygen atoms in total. The summed E-state index contributed by atoms with van der Waals surface area (Å²) >= 11 is 5.87. The van der Waals surface area contributed by atoms with Gasteiger partial charge in [-0.05, 0) is 42.5 Å². The molecule has 26 heavy (non-hydrogen) atoms. The van der Waals surface area contributed by atoms with Crippen LogP contribution in [0, 0.1) is 0 Å². The Morgan fingerprint density at radius 1 is 1.31 bits per heavy atom. The van der Waals surface area contributed by atoms with Gasteiger partial charge in [0.1, 0.15) is 0 Å². The number of para-hydroxylation sites is 1. The molecule has 0 fully saturated rings. The molecule has 0 unspecified atom stereocenters. The van der Waals surface area contributed by atoms with Crippen LogP contribution in [0.3, 0.4) is 0 Å². The molecule has 0 aliphatic heterocycles. The van der Waals surface area contributed by atoms with Gasteiger partial charge in [0.05, 0.1) is 21.5 Å². The van der Waals surface area contributed by atoms with Crippen molar-refractivity contribution in [2.45, 2.75) is 13.0 Å². The van der Waals surface area contributed by atoms with E-state index in [0.29, 0.717) is 12.0 Å². The molecule has 0 radical (unpaired) electrons. The van der Waals surface area contributed by atoms with Crippen molar-refractivity contribution in [3.63, 3.8) is 0 Å². The van der Waals surface area contributed by atoms with Gasteiger partial charge in [0.2, 0.25) is 0 Å². The van der Waals surface area contributed by atoms with E-state index >= 15 is 0 Å². The minimum atomic E-state index is -0.525. The SMILES string of the molecule is NNC(=O)c1cc(N=c2sc3ccccc3n2CCCS)ccc1C=O. The van der Waals surface area contributed by atoms with E-state index < -0.39 is 5.91 Å². The van der Waals surface area contributed by atoms with Gasteiger partial charge in [-0.25, -0.2) is 10.8 Å². The summed E-state index contributed by atoms with van der Waals surface area (Å²) in [6.07, 6.45) is 1.54. The van der Waals surface area contributed by atoms with Gasteiger partial charge < -0.3 is 4.57 Å². The van der Waals surface area contributed by atoms with Crippen molar-refractivity contribution in [1.82, 2.24) is 9.99 Å². The van der Waals surface area contributed by atoms with Crippen molar-refractivity contribution >= 4 is 52.1 Å². The number of hydrazine groups is 1. The molecule has 0 atom stereocenters. The number of thiazole rings is 1. The molecule has 0 aliphatic rings. The third kappa shape index (κ3) is 3.72. The number of nitrogens with one attached hydrogen (secondary N) is 1. The summed E-state index contributed by atoms with van der Waals surface area (Å²) in [4.78, 5) is 28.6. The highest BCUT2D eigenvalue weighted by molar-refractivity contribution is 7.80. The first kappa shape index (κ1) is 18.4. The van der Waals surface area contributed by atoms with Crippen molar-refractivity contribution in [1.29, 1.82) is 0 Å². The number of benzene rings is 2. The van der Waals surface area contributed by atoms with Crippen LogP contribution in [0.15, 0.2) is 47.5 Å². The summed E-state index contributed by atoms with van der Waals surface area (Å²) in [6, 6.07) is 13.0. The Labute approximate surface area is 159 Å². The standard InChI is InChI=1S/C18H18N4O2S2/c19-21-17(24)14-10-13(7-6-12(14)11-23)20-18-22(8-3-9-25)15-4-1-2-5-16(15)26-18/h1-2,4-7,10-11,25H,3,8-9,19H2,(H,21,24). The lowest BCUT2D eigenvalue weighted by molar-refractivity contribution is 0.0948. The number of nitrogens with two attached hydrogens (primary N) is 1. The number of carbonyl (C=O) groups excluding carboxylic acids is 2. The quantitative estimate of drug-likeness (QED) is 0.200. The number of carbonyl (C=O) groups is 2. The maximum absolute atomic E-state index is 11.9. The van der Waals surface area contributed by atoms with E-state index in [2.05, 4.69) is 34.8 Å². The molecule has 1 amide bonds. The lowest BCUT2D eigenvalue weighted by atomic mass is 10.1. The zero-order valence-electron chi connectivity index (χ0n) is 13.9. The minimum absolute atomic E-state index is 0.201. The maximum atomic E-state index is 11.9. The largest absolute Gasteiger partial charge is 0.316 e. The van der Waals surface area contributed by atoms with E-state index in [1.165, 1.54) is 0 Å². The number of aryl methyl sites for hydroxylation is 1. The molecular weight excluding hydrogens is 368 g/mol. The molecule has 3 rings (SSSR count). The molecule has 0 aliphatic carbocycles. The van der Waals surface area contributed by atoms with Crippen LogP contribution in [0.1, 0.15) is 27.1 Å². The average molecular weight is 387 g/mol. The van der Waals surface area contributed by atoms with E-state index in [1.54, 1.807) is 29.5 Å². The van der Waals surface area contributed by atoms with E-state index in [-0.39, 0.29) is 11.1 Å². The van der Waals surface area contributed by atoms with Crippen LogP contribution in [0.5, 0.6) is 0 Å². The zero-order valence-corrected chi connectivity index (χ0v) is 15.6. The summed E-state index contributed by atoms with van der Waals surface area (Å²) in [5.41, 5.74) is 4.22. The maximum Gasteiger partial charge on any atom is 0.265 e. The van der Waals surface area contributed by atoms with Crippen LogP contribution in [0.4, 0.5) is 5.69 Å². The van der Waals surface area contributed by atoms with Crippen LogP contribution >= 0.6 is 24.0 Å². The number of hydrogen-bond acceptors (Lipinski definition) is 6. The second-order valence-corrected chi connectivity index (χ2v) is 7.01. The number of amides is 1. The third-order valence-electron chi connectivity index (χ3n) is 3.89. The Hall–Kier alpha value is -2.42. The lowest BCUT2D eigenvalue weighted by Crippen LogP contribution is -2.30. The smallest absolute Gasteiger partial charge is 0.265 e. The third-order valence-corrected chi connectivity index (χ3v) is 5.27. The molecular formula is C18H18N4O2S2. The van der Waals surface area contributed by atoms with Crippen LogP contribution in [0.25, 0.3) is 10.2 Å². The molecule has 3 N–H and O–H groups in total. The molecule has 0 spiro atoms. The van der Waals surface area contributed by atoms with Crippen LogP contribution in [0.2, 0.25) is 0 Å². The van der Waals surface area contributed by atoms with Crippen LogP contribution < -0.4 is 16.1 Å². The van der Waals surface area contributed by atoms with Crippen molar-refractivity contribution in [3.8, 4) is 0 Å². The fourth-order valence-electron chi connectivity index (χ4n) is 2.65. The second kappa shape index (κ2) is 8.31. The topological polar surface area (TPSA) is 89.5 Å². The van der Waals surface area contributed by atoms with E-state index in [4.69, 9.17) is 10.8 Å². The van der Waals surface area contributed by atoms with Gasteiger partial charge >= 0.3 is 0 Å². The normalized spacial score (nSPS) is 11.7. The zero-order chi connectivity index (χ0) is 18.5. The van der Waals surface area contributed by atoms with Gasteiger partial charge in [0, 0.05) is 12.1 Å². The van der Waals surface area contributed by atoms with Gasteiger partial charge in [0.25, 0.3) is 5.91 Å². The van der Waals surface area contributed by atoms with Gasteiger partial charge in [-0.15, -0.1) is 0 Å². The molecule has 134 valence electrons. The van der Waals surface area contributed by atoms with E-state index in [0.717, 1.165) is 33.7 Å². The summed E-state index contributed by atoms with van der Waals surface area (Å²) < 4.78 is 3.28. The highest BCUT2D eigenvalue weighted by atomic mass is 32.1. The van der Waals surface area contributed by atoms with Crippen molar-refractivity contribution < 1.29 is 9.59 Å². The van der Waals surface area contributed by atoms with Crippen LogP contribution in [-0.4, -0.2) is 22.5 Å². The molecule has 0 saturated carbocycles. The Kier molecular flexibility index (Phi) is 5.87. The average Bonchev–Trinajstić information content (AvgIpc) is 3.02. The van der Waals surface area contributed by atoms with Gasteiger partial charge in [-0.2, -0.15) is 12.6 Å². The number of hydrogen-bond donors (Lipinski definition) is 3. The highest BCUT2D eigenvalue weighted by Gasteiger charge is 2.11. The van der Waals surface area contributed by atoms with Crippen molar-refractivity contribution in [3.05, 3.63) is 58.4 Å². The number of aldehydes is 1. The minimum Gasteiger partial charge on any atom is -0.316 e. The Morgan fingerprint density at radius 3 is 2.85 bits per heavy atom. The van der Waals surface area contributed by atoms with E-state index in [1.807, 2.05) is 12.1 Å². The number of thiol groups is 1. The first-order valence-corrected chi connectivity index (χ1v) is 9.47. The molecule has 0 bridgehead atoms. The number of nitrogen functional groups attached to an aromatic ring is 1. The van der Waals surface area contributed by atoms with Gasteiger partial charge in [-0.3, -0.25) is 15.0 Å². The molecule has 2 aromatic carbocycles.